The second-order valence-electron chi connectivity index (χ2n) is 3.15. The second-order valence-corrected chi connectivity index (χ2v) is 3.15. The molecule has 0 bridgehead atoms. The van der Waals surface area contributed by atoms with Crippen LogP contribution in [0.15, 0.2) is 11.1 Å². The third kappa shape index (κ3) is 0.679. The molecular formula is C8H8O3. The number of esters is 2. The van der Waals surface area contributed by atoms with Crippen LogP contribution in [0.4, 0.5) is 0 Å². The van der Waals surface area contributed by atoms with Crippen LogP contribution >= 0.6 is 0 Å². The third-order valence-corrected chi connectivity index (χ3v) is 2.18. The fraction of sp³-hybridized carbons (Fsp3) is 0.500. The summed E-state index contributed by atoms with van der Waals surface area (Å²) in [5.74, 6) is -1.16. The SMILES string of the molecule is CC(C)=C1C2C(=O)OC(=O)C12. The highest BCUT2D eigenvalue weighted by Crippen LogP contribution is 2.53. The van der Waals surface area contributed by atoms with E-state index in [9.17, 15) is 9.59 Å². The molecule has 0 N–H and O–H groups in total. The van der Waals surface area contributed by atoms with Gasteiger partial charge < -0.3 is 4.74 Å². The van der Waals surface area contributed by atoms with E-state index in [4.69, 9.17) is 0 Å². The van der Waals surface area contributed by atoms with E-state index in [0.29, 0.717) is 0 Å². The Kier molecular flexibility index (Phi) is 1.03. The van der Waals surface area contributed by atoms with Crippen LogP contribution in [0.1, 0.15) is 13.8 Å². The van der Waals surface area contributed by atoms with Gasteiger partial charge in [0.05, 0.1) is 11.8 Å². The van der Waals surface area contributed by atoms with Crippen molar-refractivity contribution in [1.29, 1.82) is 0 Å². The van der Waals surface area contributed by atoms with Crippen LogP contribution in [0.2, 0.25) is 0 Å². The average molecular weight is 152 g/mol. The molecule has 11 heavy (non-hydrogen) atoms. The fourth-order valence-electron chi connectivity index (χ4n) is 1.64. The van der Waals surface area contributed by atoms with Crippen molar-refractivity contribution in [3.8, 4) is 0 Å². The molecule has 1 aliphatic carbocycles. The quantitative estimate of drug-likeness (QED) is 0.291. The van der Waals surface area contributed by atoms with Gasteiger partial charge in [-0.05, 0) is 19.4 Å². The molecule has 1 aliphatic heterocycles. The lowest BCUT2D eigenvalue weighted by molar-refractivity contribution is -0.154. The van der Waals surface area contributed by atoms with Gasteiger partial charge in [-0.3, -0.25) is 9.59 Å². The zero-order valence-electron chi connectivity index (χ0n) is 6.38. The first-order valence-electron chi connectivity index (χ1n) is 3.55. The van der Waals surface area contributed by atoms with Gasteiger partial charge in [0, 0.05) is 0 Å². The van der Waals surface area contributed by atoms with Crippen molar-refractivity contribution in [2.24, 2.45) is 11.8 Å². The van der Waals surface area contributed by atoms with Crippen LogP contribution in [-0.2, 0) is 14.3 Å². The number of hydrogen-bond donors (Lipinski definition) is 0. The van der Waals surface area contributed by atoms with E-state index < -0.39 is 0 Å². The number of hydrogen-bond acceptors (Lipinski definition) is 3. The Balaban J connectivity index is 2.36. The Morgan fingerprint density at radius 3 is 1.91 bits per heavy atom. The molecule has 0 amide bonds. The lowest BCUT2D eigenvalue weighted by Crippen LogP contribution is -2.06. The molecule has 2 unspecified atom stereocenters. The van der Waals surface area contributed by atoms with Crippen molar-refractivity contribution >= 4 is 11.9 Å². The minimum atomic E-state index is -0.365. The molecule has 3 heteroatoms. The highest BCUT2D eigenvalue weighted by Gasteiger charge is 2.62. The lowest BCUT2D eigenvalue weighted by Gasteiger charge is -1.94. The Morgan fingerprint density at radius 1 is 1.18 bits per heavy atom. The molecule has 2 rings (SSSR count). The first kappa shape index (κ1) is 6.58. The van der Waals surface area contributed by atoms with Gasteiger partial charge >= 0.3 is 11.9 Å². The number of cyclic esters (lactones) is 2. The van der Waals surface area contributed by atoms with Gasteiger partial charge in [-0.1, -0.05) is 5.57 Å². The molecule has 58 valence electrons. The Hall–Kier alpha value is -1.12. The van der Waals surface area contributed by atoms with Gasteiger partial charge in [-0.2, -0.15) is 0 Å². The molecule has 2 aliphatic rings. The zero-order chi connectivity index (χ0) is 8.17. The van der Waals surface area contributed by atoms with Crippen molar-refractivity contribution in [3.05, 3.63) is 11.1 Å². The smallest absolute Gasteiger partial charge is 0.321 e. The summed E-state index contributed by atoms with van der Waals surface area (Å²) in [4.78, 5) is 21.7. The summed E-state index contributed by atoms with van der Waals surface area (Å²) in [6.07, 6.45) is 0. The van der Waals surface area contributed by atoms with Gasteiger partial charge in [0.2, 0.25) is 0 Å². The number of carbonyl (C=O) groups is 2. The van der Waals surface area contributed by atoms with E-state index in [0.717, 1.165) is 11.1 Å². The van der Waals surface area contributed by atoms with E-state index >= 15 is 0 Å². The maximum absolute atomic E-state index is 10.9. The summed E-state index contributed by atoms with van der Waals surface area (Å²) in [7, 11) is 0. The van der Waals surface area contributed by atoms with Crippen LogP contribution in [-0.4, -0.2) is 11.9 Å². The second kappa shape index (κ2) is 1.72. The molecule has 0 aromatic carbocycles. The molecule has 0 spiro atoms. The van der Waals surface area contributed by atoms with Crippen molar-refractivity contribution in [3.63, 3.8) is 0 Å². The summed E-state index contributed by atoms with van der Waals surface area (Å²) in [6, 6.07) is 0. The monoisotopic (exact) mass is 152 g/mol. The summed E-state index contributed by atoms with van der Waals surface area (Å²) >= 11 is 0. The van der Waals surface area contributed by atoms with Gasteiger partial charge in [0.25, 0.3) is 0 Å². The Bertz CT molecular complexity index is 262. The fourth-order valence-corrected chi connectivity index (χ4v) is 1.64. The maximum atomic E-state index is 10.9. The number of allylic oxidation sites excluding steroid dienone is 1. The molecule has 1 saturated carbocycles. The standard InChI is InChI=1S/C8H8O3/c1-3(2)4-5-6(4)8(10)11-7(5)9/h5-6H,1-2H3. The van der Waals surface area contributed by atoms with Crippen LogP contribution in [0.25, 0.3) is 0 Å². The first-order valence-corrected chi connectivity index (χ1v) is 3.55. The highest BCUT2D eigenvalue weighted by molar-refractivity contribution is 6.06. The minimum Gasteiger partial charge on any atom is -0.392 e. The predicted molar refractivity (Wildman–Crippen MR) is 36.5 cm³/mol. The van der Waals surface area contributed by atoms with E-state index in [1.165, 1.54) is 0 Å². The molecule has 3 nitrogen and oxygen atoms in total. The average Bonchev–Trinajstić information content (AvgIpc) is 2.53. The number of ether oxygens (including phenoxy) is 1. The highest BCUT2D eigenvalue weighted by atomic mass is 16.6. The first-order chi connectivity index (χ1) is 5.13. The number of rotatable bonds is 0. The van der Waals surface area contributed by atoms with Crippen LogP contribution in [0.5, 0.6) is 0 Å². The van der Waals surface area contributed by atoms with E-state index in [1.807, 2.05) is 13.8 Å². The van der Waals surface area contributed by atoms with E-state index in [2.05, 4.69) is 4.74 Å². The van der Waals surface area contributed by atoms with Crippen LogP contribution in [0, 0.1) is 11.8 Å². The summed E-state index contributed by atoms with van der Waals surface area (Å²) < 4.78 is 4.39. The van der Waals surface area contributed by atoms with Crippen LogP contribution < -0.4 is 0 Å². The lowest BCUT2D eigenvalue weighted by atomic mass is 10.2. The van der Waals surface area contributed by atoms with E-state index in [1.54, 1.807) is 0 Å². The van der Waals surface area contributed by atoms with Crippen molar-refractivity contribution in [2.45, 2.75) is 13.8 Å². The number of carbonyl (C=O) groups excluding carboxylic acids is 2. The molecule has 2 fully saturated rings. The largest absolute Gasteiger partial charge is 0.392 e. The number of fused-ring (bicyclic) bond motifs is 1. The van der Waals surface area contributed by atoms with Crippen molar-refractivity contribution < 1.29 is 14.3 Å². The summed E-state index contributed by atoms with van der Waals surface area (Å²) in [5.41, 5.74) is 2.05. The third-order valence-electron chi connectivity index (χ3n) is 2.18. The minimum absolute atomic E-state index is 0.215. The van der Waals surface area contributed by atoms with Gasteiger partial charge in [-0.25, -0.2) is 0 Å². The molecule has 0 aromatic rings. The summed E-state index contributed by atoms with van der Waals surface area (Å²) in [6.45, 7) is 3.82. The Labute approximate surface area is 64.0 Å². The molecular weight excluding hydrogens is 144 g/mol. The van der Waals surface area contributed by atoms with Gasteiger partial charge in [-0.15, -0.1) is 0 Å². The molecule has 0 aromatic heterocycles. The predicted octanol–water partition coefficient (Wildman–Crippen LogP) is 0.652. The molecule has 0 radical (unpaired) electrons. The molecule has 1 saturated heterocycles. The van der Waals surface area contributed by atoms with Gasteiger partial charge in [0.15, 0.2) is 0 Å². The van der Waals surface area contributed by atoms with Crippen molar-refractivity contribution in [1.82, 2.24) is 0 Å². The Morgan fingerprint density at radius 2 is 1.64 bits per heavy atom. The molecule has 2 atom stereocenters. The van der Waals surface area contributed by atoms with Crippen molar-refractivity contribution in [2.75, 3.05) is 0 Å². The zero-order valence-corrected chi connectivity index (χ0v) is 6.38. The maximum Gasteiger partial charge on any atom is 0.321 e. The topological polar surface area (TPSA) is 43.4 Å². The van der Waals surface area contributed by atoms with Gasteiger partial charge in [0.1, 0.15) is 0 Å². The summed E-state index contributed by atoms with van der Waals surface area (Å²) in [5, 5.41) is 0. The van der Waals surface area contributed by atoms with Crippen LogP contribution in [0.3, 0.4) is 0 Å². The molecule has 1 heterocycles. The van der Waals surface area contributed by atoms with E-state index in [-0.39, 0.29) is 23.8 Å². The normalized spacial score (nSPS) is 33.5.